The van der Waals surface area contributed by atoms with Gasteiger partial charge in [0.05, 0.1) is 12.2 Å². The van der Waals surface area contributed by atoms with Crippen molar-refractivity contribution >= 4 is 17.6 Å². The number of nitrogens with one attached hydrogen (secondary N) is 1. The molecule has 3 heterocycles. The second kappa shape index (κ2) is 9.95. The third-order valence-electron chi connectivity index (χ3n) is 5.47. The maximum atomic E-state index is 12.5. The Labute approximate surface area is 197 Å². The van der Waals surface area contributed by atoms with E-state index in [1.807, 2.05) is 94.3 Å². The molecule has 0 spiro atoms. The van der Waals surface area contributed by atoms with E-state index in [0.717, 1.165) is 28.3 Å². The van der Waals surface area contributed by atoms with E-state index in [1.54, 1.807) is 6.08 Å². The maximum absolute atomic E-state index is 12.5. The molecule has 34 heavy (non-hydrogen) atoms. The van der Waals surface area contributed by atoms with Gasteiger partial charge in [-0.2, -0.15) is 5.10 Å². The first-order chi connectivity index (χ1) is 16.8. The average Bonchev–Trinajstić information content (AvgIpc) is 3.48. The molecule has 3 aromatic heterocycles. The second-order valence-corrected chi connectivity index (χ2v) is 7.90. The SMILES string of the molecule is O=C(/C=C/c1cn(Cc2ccccc2)nc1-c1ccccc1)NCCc1nnc2ccccn12. The highest BCUT2D eigenvalue weighted by Gasteiger charge is 2.10. The van der Waals surface area contributed by atoms with E-state index in [9.17, 15) is 4.79 Å². The lowest BCUT2D eigenvalue weighted by Gasteiger charge is -2.02. The largest absolute Gasteiger partial charge is 0.352 e. The summed E-state index contributed by atoms with van der Waals surface area (Å²) in [5.74, 6) is 0.650. The van der Waals surface area contributed by atoms with Gasteiger partial charge in [-0.25, -0.2) is 0 Å². The zero-order valence-electron chi connectivity index (χ0n) is 18.6. The van der Waals surface area contributed by atoms with E-state index >= 15 is 0 Å². The van der Waals surface area contributed by atoms with Crippen molar-refractivity contribution in [3.8, 4) is 11.3 Å². The van der Waals surface area contributed by atoms with E-state index in [1.165, 1.54) is 5.56 Å². The van der Waals surface area contributed by atoms with Crippen molar-refractivity contribution in [1.82, 2.24) is 29.7 Å². The van der Waals surface area contributed by atoms with Crippen LogP contribution in [0.2, 0.25) is 0 Å². The van der Waals surface area contributed by atoms with Crippen LogP contribution in [0.1, 0.15) is 17.0 Å². The fourth-order valence-corrected chi connectivity index (χ4v) is 3.81. The van der Waals surface area contributed by atoms with Gasteiger partial charge in [-0.05, 0) is 23.8 Å². The lowest BCUT2D eigenvalue weighted by Crippen LogP contribution is -2.24. The molecule has 7 nitrogen and oxygen atoms in total. The smallest absolute Gasteiger partial charge is 0.244 e. The summed E-state index contributed by atoms with van der Waals surface area (Å²) in [6.07, 6.45) is 7.86. The molecule has 5 aromatic rings. The molecule has 0 aliphatic carbocycles. The van der Waals surface area contributed by atoms with Crippen molar-refractivity contribution in [3.63, 3.8) is 0 Å². The molecule has 168 valence electrons. The molecule has 1 N–H and O–H groups in total. The molecule has 0 saturated carbocycles. The number of carbonyl (C=O) groups is 1. The lowest BCUT2D eigenvalue weighted by atomic mass is 10.1. The monoisotopic (exact) mass is 448 g/mol. The highest BCUT2D eigenvalue weighted by Crippen LogP contribution is 2.23. The van der Waals surface area contributed by atoms with Gasteiger partial charge in [0, 0.05) is 42.6 Å². The number of rotatable bonds is 8. The summed E-state index contributed by atoms with van der Waals surface area (Å²) in [6, 6.07) is 25.9. The predicted molar refractivity (Wildman–Crippen MR) is 132 cm³/mol. The Kier molecular flexibility index (Phi) is 6.25. The van der Waals surface area contributed by atoms with Crippen molar-refractivity contribution in [2.45, 2.75) is 13.0 Å². The van der Waals surface area contributed by atoms with Crippen LogP contribution in [0.5, 0.6) is 0 Å². The van der Waals surface area contributed by atoms with Crippen LogP contribution in [0.3, 0.4) is 0 Å². The molecule has 0 bridgehead atoms. The molecule has 7 heteroatoms. The van der Waals surface area contributed by atoms with E-state index in [-0.39, 0.29) is 5.91 Å². The van der Waals surface area contributed by atoms with Gasteiger partial charge in [0.15, 0.2) is 5.65 Å². The molecular formula is C27H24N6O. The summed E-state index contributed by atoms with van der Waals surface area (Å²) in [7, 11) is 0. The minimum atomic E-state index is -0.163. The van der Waals surface area contributed by atoms with Gasteiger partial charge in [-0.3, -0.25) is 13.9 Å². The molecule has 1 amide bonds. The highest BCUT2D eigenvalue weighted by molar-refractivity contribution is 5.92. The van der Waals surface area contributed by atoms with Crippen LogP contribution >= 0.6 is 0 Å². The molecule has 5 rings (SSSR count). The number of aromatic nitrogens is 5. The van der Waals surface area contributed by atoms with Gasteiger partial charge in [0.25, 0.3) is 0 Å². The highest BCUT2D eigenvalue weighted by atomic mass is 16.1. The van der Waals surface area contributed by atoms with Gasteiger partial charge < -0.3 is 5.32 Å². The van der Waals surface area contributed by atoms with Crippen molar-refractivity contribution in [3.05, 3.63) is 114 Å². The van der Waals surface area contributed by atoms with Crippen molar-refractivity contribution in [2.75, 3.05) is 6.54 Å². The Morgan fingerprint density at radius 1 is 0.912 bits per heavy atom. The average molecular weight is 449 g/mol. The van der Waals surface area contributed by atoms with E-state index in [4.69, 9.17) is 5.10 Å². The molecule has 0 aliphatic heterocycles. The summed E-state index contributed by atoms with van der Waals surface area (Å²) in [6.45, 7) is 1.13. The Hall–Kier alpha value is -4.52. The van der Waals surface area contributed by atoms with Gasteiger partial charge in [-0.15, -0.1) is 10.2 Å². The molecule has 0 saturated heterocycles. The second-order valence-electron chi connectivity index (χ2n) is 7.90. The van der Waals surface area contributed by atoms with Gasteiger partial charge in [-0.1, -0.05) is 66.7 Å². The van der Waals surface area contributed by atoms with Gasteiger partial charge in [0.1, 0.15) is 5.82 Å². The molecule has 0 fully saturated rings. The van der Waals surface area contributed by atoms with Crippen LogP contribution in [0.15, 0.2) is 97.3 Å². The Bertz CT molecular complexity index is 1420. The molecule has 0 aliphatic rings. The third-order valence-corrected chi connectivity index (χ3v) is 5.47. The number of hydrogen-bond donors (Lipinski definition) is 1. The van der Waals surface area contributed by atoms with Crippen LogP contribution in [-0.4, -0.2) is 36.8 Å². The first kappa shape index (κ1) is 21.3. The number of pyridine rings is 1. The Balaban J connectivity index is 1.28. The predicted octanol–water partition coefficient (Wildman–Crippen LogP) is 4.01. The van der Waals surface area contributed by atoms with E-state index in [2.05, 4.69) is 27.6 Å². The summed E-state index contributed by atoms with van der Waals surface area (Å²) in [5.41, 5.74) is 4.70. The molecule has 2 aromatic carbocycles. The summed E-state index contributed by atoms with van der Waals surface area (Å²) >= 11 is 0. The van der Waals surface area contributed by atoms with Crippen LogP contribution in [0.25, 0.3) is 23.0 Å². The minimum absolute atomic E-state index is 0.163. The first-order valence-electron chi connectivity index (χ1n) is 11.2. The Morgan fingerprint density at radius 3 is 2.50 bits per heavy atom. The zero-order chi connectivity index (χ0) is 23.2. The summed E-state index contributed by atoms with van der Waals surface area (Å²) in [5, 5.41) is 16.1. The van der Waals surface area contributed by atoms with Crippen LogP contribution in [-0.2, 0) is 17.8 Å². The van der Waals surface area contributed by atoms with E-state index in [0.29, 0.717) is 19.5 Å². The standard InChI is InChI=1S/C27H24N6O/c34-26(28-17-16-25-30-29-24-13-7-8-18-33(24)25)15-14-23-20-32(19-21-9-3-1-4-10-21)31-27(23)22-11-5-2-6-12-22/h1-15,18,20H,16-17,19H2,(H,28,34)/b15-14+. The zero-order valence-corrected chi connectivity index (χ0v) is 18.6. The van der Waals surface area contributed by atoms with Gasteiger partial charge in [0.2, 0.25) is 5.91 Å². The van der Waals surface area contributed by atoms with E-state index < -0.39 is 0 Å². The number of carbonyl (C=O) groups excluding carboxylic acids is 1. The fraction of sp³-hybridized carbons (Fsp3) is 0.111. The molecular weight excluding hydrogens is 424 g/mol. The van der Waals surface area contributed by atoms with Gasteiger partial charge >= 0.3 is 0 Å². The molecule has 0 radical (unpaired) electrons. The number of nitrogens with zero attached hydrogens (tertiary/aromatic N) is 5. The third kappa shape index (κ3) is 4.94. The number of fused-ring (bicyclic) bond motifs is 1. The fourth-order valence-electron chi connectivity index (χ4n) is 3.81. The lowest BCUT2D eigenvalue weighted by molar-refractivity contribution is -0.116. The summed E-state index contributed by atoms with van der Waals surface area (Å²) in [4.78, 5) is 12.5. The number of hydrogen-bond acceptors (Lipinski definition) is 4. The molecule has 0 unspecified atom stereocenters. The van der Waals surface area contributed by atoms with Crippen molar-refractivity contribution in [2.24, 2.45) is 0 Å². The normalized spacial score (nSPS) is 11.3. The maximum Gasteiger partial charge on any atom is 0.244 e. The summed E-state index contributed by atoms with van der Waals surface area (Å²) < 4.78 is 3.83. The minimum Gasteiger partial charge on any atom is -0.352 e. The van der Waals surface area contributed by atoms with Crippen molar-refractivity contribution < 1.29 is 4.79 Å². The topological polar surface area (TPSA) is 77.1 Å². The van der Waals surface area contributed by atoms with Crippen molar-refractivity contribution in [1.29, 1.82) is 0 Å². The number of amides is 1. The molecule has 0 atom stereocenters. The number of benzene rings is 2. The quantitative estimate of drug-likeness (QED) is 0.364. The first-order valence-corrected chi connectivity index (χ1v) is 11.2. The van der Waals surface area contributed by atoms with Crippen LogP contribution in [0.4, 0.5) is 0 Å². The Morgan fingerprint density at radius 2 is 1.68 bits per heavy atom. The van der Waals surface area contributed by atoms with Crippen LogP contribution < -0.4 is 5.32 Å². The van der Waals surface area contributed by atoms with Crippen LogP contribution in [0, 0.1) is 0 Å².